The zero-order valence-corrected chi connectivity index (χ0v) is 22.6. The number of aromatic nitrogens is 1. The van der Waals surface area contributed by atoms with Gasteiger partial charge >= 0.3 is 0 Å². The summed E-state index contributed by atoms with van der Waals surface area (Å²) in [5.74, 6) is 1.73. The molecule has 0 saturated heterocycles. The fourth-order valence-electron chi connectivity index (χ4n) is 4.31. The van der Waals surface area contributed by atoms with Gasteiger partial charge < -0.3 is 14.5 Å². The van der Waals surface area contributed by atoms with Crippen LogP contribution in [0.2, 0.25) is 0 Å². The van der Waals surface area contributed by atoms with E-state index in [9.17, 15) is 4.79 Å². The Morgan fingerprint density at radius 1 is 1.00 bits per heavy atom. The number of hydrogen-bond acceptors (Lipinski definition) is 5. The molecule has 1 aromatic heterocycles. The average molecular weight is 590 g/mol. The lowest BCUT2D eigenvalue weighted by Crippen LogP contribution is -2.32. The van der Waals surface area contributed by atoms with Crippen LogP contribution >= 0.6 is 22.6 Å². The molecule has 5 rings (SSSR count). The Bertz CT molecular complexity index is 1430. The number of halogens is 1. The maximum atomic E-state index is 13.5. The van der Waals surface area contributed by atoms with Crippen molar-refractivity contribution in [3.05, 3.63) is 111 Å². The fraction of sp³-hybridized carbons (Fsp3) is 0.200. The van der Waals surface area contributed by atoms with E-state index in [2.05, 4.69) is 59.7 Å². The number of ether oxygens (including phenoxy) is 1. The minimum absolute atomic E-state index is 0.0487. The third-order valence-electron chi connectivity index (χ3n) is 6.16. The second kappa shape index (κ2) is 9.93. The number of fused-ring (bicyclic) bond motifs is 1. The Kier molecular flexibility index (Phi) is 6.71. The first kappa shape index (κ1) is 24.3. The molecule has 182 valence electrons. The Balaban J connectivity index is 1.46. The van der Waals surface area contributed by atoms with Crippen molar-refractivity contribution in [3.8, 4) is 17.2 Å². The van der Waals surface area contributed by atoms with Gasteiger partial charge in [-0.2, -0.15) is 0 Å². The second-order valence-corrected chi connectivity index (χ2v) is 11.1. The predicted molar refractivity (Wildman–Crippen MR) is 150 cm³/mol. The quantitative estimate of drug-likeness (QED) is 0.194. The number of carbonyl (C=O) groups is 1. The molecular weight excluding hydrogens is 563 g/mol. The normalized spacial score (nSPS) is 16.5. The van der Waals surface area contributed by atoms with Crippen molar-refractivity contribution in [1.82, 2.24) is 4.98 Å². The third kappa shape index (κ3) is 5.09. The highest BCUT2D eigenvalue weighted by Crippen LogP contribution is 2.34. The van der Waals surface area contributed by atoms with Crippen molar-refractivity contribution in [2.75, 3.05) is 5.32 Å². The van der Waals surface area contributed by atoms with Crippen LogP contribution in [0.1, 0.15) is 42.5 Å². The molecule has 5 nitrogen and oxygen atoms in total. The number of nitrogens with zero attached hydrogens (tertiary/aromatic N) is 1. The van der Waals surface area contributed by atoms with Gasteiger partial charge in [0.05, 0.1) is 17.3 Å². The summed E-state index contributed by atoms with van der Waals surface area (Å²) in [6.07, 6.45) is 3.36. The highest BCUT2D eigenvalue weighted by molar-refractivity contribution is 14.1. The van der Waals surface area contributed by atoms with E-state index in [0.717, 1.165) is 14.8 Å². The summed E-state index contributed by atoms with van der Waals surface area (Å²) in [5.41, 5.74) is 4.09. The lowest BCUT2D eigenvalue weighted by atomic mass is 9.86. The van der Waals surface area contributed by atoms with E-state index in [1.165, 1.54) is 5.56 Å². The molecule has 0 fully saturated rings. The van der Waals surface area contributed by atoms with Crippen molar-refractivity contribution in [1.29, 1.82) is 0 Å². The lowest BCUT2D eigenvalue weighted by Gasteiger charge is -2.28. The van der Waals surface area contributed by atoms with Crippen molar-refractivity contribution in [2.24, 2.45) is 0 Å². The molecule has 0 aliphatic carbocycles. The van der Waals surface area contributed by atoms with E-state index in [-0.39, 0.29) is 11.2 Å². The Morgan fingerprint density at radius 2 is 1.72 bits per heavy atom. The van der Waals surface area contributed by atoms with E-state index in [0.29, 0.717) is 35.0 Å². The van der Waals surface area contributed by atoms with E-state index >= 15 is 0 Å². The Morgan fingerprint density at radius 3 is 2.50 bits per heavy atom. The number of nitrogens with one attached hydrogen (secondary N) is 1. The van der Waals surface area contributed by atoms with Gasteiger partial charge in [0.1, 0.15) is 17.6 Å². The number of hydrogen-bond donors (Lipinski definition) is 1. The van der Waals surface area contributed by atoms with Crippen LogP contribution in [-0.4, -0.2) is 16.9 Å². The van der Waals surface area contributed by atoms with E-state index in [1.54, 1.807) is 18.5 Å². The Hall–Kier alpha value is -3.39. The first-order valence-electron chi connectivity index (χ1n) is 11.9. The maximum absolute atomic E-state index is 13.5. The summed E-state index contributed by atoms with van der Waals surface area (Å²) in [7, 11) is 0. The van der Waals surface area contributed by atoms with Crippen molar-refractivity contribution >= 4 is 34.1 Å². The number of anilines is 1. The molecule has 0 bridgehead atoms. The van der Waals surface area contributed by atoms with Crippen LogP contribution in [-0.2, 0) is 11.8 Å². The van der Waals surface area contributed by atoms with Gasteiger partial charge in [-0.25, -0.2) is 4.98 Å². The fourth-order valence-corrected chi connectivity index (χ4v) is 4.67. The van der Waals surface area contributed by atoms with Gasteiger partial charge in [-0.3, -0.25) is 4.79 Å². The van der Waals surface area contributed by atoms with Crippen LogP contribution in [0.3, 0.4) is 0 Å². The molecule has 2 heterocycles. The van der Waals surface area contributed by atoms with Gasteiger partial charge in [0, 0.05) is 27.4 Å². The summed E-state index contributed by atoms with van der Waals surface area (Å²) in [6.45, 7) is 6.51. The monoisotopic (exact) mass is 590 g/mol. The minimum atomic E-state index is -0.515. The van der Waals surface area contributed by atoms with Crippen molar-refractivity contribution in [2.45, 2.75) is 38.7 Å². The molecule has 0 radical (unpaired) electrons. The topological polar surface area (TPSA) is 64.4 Å². The zero-order chi connectivity index (χ0) is 25.3. The summed E-state index contributed by atoms with van der Waals surface area (Å²) in [6, 6.07) is 23.5. The molecule has 1 N–H and O–H groups in total. The molecule has 6 heteroatoms. The number of ketones is 1. The first-order chi connectivity index (χ1) is 17.3. The number of carbonyl (C=O) groups excluding carboxylic acids is 1. The first-order valence-corrected chi connectivity index (χ1v) is 12.9. The molecule has 1 unspecified atom stereocenters. The van der Waals surface area contributed by atoms with E-state index in [4.69, 9.17) is 9.15 Å². The molecule has 3 aromatic carbocycles. The smallest absolute Gasteiger partial charge is 0.226 e. The van der Waals surface area contributed by atoms with Gasteiger partial charge in [0.25, 0.3) is 0 Å². The van der Waals surface area contributed by atoms with Crippen LogP contribution in [0.15, 0.2) is 95.2 Å². The lowest BCUT2D eigenvalue weighted by molar-refractivity contribution is 0.0958. The van der Waals surface area contributed by atoms with Crippen molar-refractivity contribution < 1.29 is 13.9 Å². The van der Waals surface area contributed by atoms with Crippen LogP contribution in [0.25, 0.3) is 11.5 Å². The molecule has 4 aromatic rings. The maximum Gasteiger partial charge on any atom is 0.226 e. The average Bonchev–Trinajstić information content (AvgIpc) is 3.32. The Labute approximate surface area is 224 Å². The molecule has 1 aliphatic heterocycles. The highest BCUT2D eigenvalue weighted by Gasteiger charge is 2.33. The molecular formula is C30H27IN2O3. The van der Waals surface area contributed by atoms with Crippen LogP contribution in [0, 0.1) is 3.57 Å². The molecule has 0 amide bonds. The van der Waals surface area contributed by atoms with Crippen molar-refractivity contribution in [3.63, 3.8) is 0 Å². The summed E-state index contributed by atoms with van der Waals surface area (Å²) in [5, 5.41) is 3.39. The minimum Gasteiger partial charge on any atom is -0.484 e. The molecule has 0 saturated carbocycles. The SMILES string of the molecule is CC(C)(C)c1ccccc1N/C=C1\C(=O)c2ccccc2OC1Cc1cnc(-c2ccc(I)cc2)o1. The third-order valence-corrected chi connectivity index (χ3v) is 6.88. The number of para-hydroxylation sites is 2. The van der Waals surface area contributed by atoms with E-state index in [1.807, 2.05) is 60.7 Å². The molecule has 36 heavy (non-hydrogen) atoms. The number of Topliss-reactive ketones (excluding diaryl/α,β-unsaturated/α-hetero) is 1. The van der Waals surface area contributed by atoms with E-state index < -0.39 is 6.10 Å². The van der Waals surface area contributed by atoms with Gasteiger partial charge in [0.2, 0.25) is 5.89 Å². The molecule has 0 spiro atoms. The van der Waals surface area contributed by atoms with Crippen LogP contribution in [0.4, 0.5) is 5.69 Å². The zero-order valence-electron chi connectivity index (χ0n) is 20.4. The standard InChI is InChI=1S/C30H27IN2O3/c1-30(2,3)24-9-5-6-10-25(24)32-18-23-27(36-26-11-7-4-8-22(26)28(23)34)16-21-17-33-29(35-21)19-12-14-20(31)15-13-19/h4-15,17-18,27,32H,16H2,1-3H3/b23-18-. The number of rotatable bonds is 5. The summed E-state index contributed by atoms with van der Waals surface area (Å²) in [4.78, 5) is 18.0. The second-order valence-electron chi connectivity index (χ2n) is 9.81. The number of oxazole rings is 1. The highest BCUT2D eigenvalue weighted by atomic mass is 127. The largest absolute Gasteiger partial charge is 0.484 e. The summed E-state index contributed by atoms with van der Waals surface area (Å²) >= 11 is 2.27. The number of benzene rings is 3. The van der Waals surface area contributed by atoms with Crippen LogP contribution < -0.4 is 10.1 Å². The van der Waals surface area contributed by atoms with Gasteiger partial charge in [-0.1, -0.05) is 51.1 Å². The molecule has 1 atom stereocenters. The predicted octanol–water partition coefficient (Wildman–Crippen LogP) is 7.43. The summed E-state index contributed by atoms with van der Waals surface area (Å²) < 4.78 is 13.5. The van der Waals surface area contributed by atoms with Gasteiger partial charge in [-0.15, -0.1) is 0 Å². The van der Waals surface area contributed by atoms with Crippen LogP contribution in [0.5, 0.6) is 5.75 Å². The van der Waals surface area contributed by atoms with Gasteiger partial charge in [-0.05, 0) is 76.0 Å². The molecule has 1 aliphatic rings. The van der Waals surface area contributed by atoms with Gasteiger partial charge in [0.15, 0.2) is 5.78 Å².